The van der Waals surface area contributed by atoms with Crippen LogP contribution in [-0.4, -0.2) is 15.9 Å². The maximum Gasteiger partial charge on any atom is 0.228 e. The number of rotatable bonds is 4. The fourth-order valence-electron chi connectivity index (χ4n) is 3.01. The number of H-pyrrole nitrogens is 1. The number of carbonyl (C=O) groups excluding carboxylic acids is 1. The molecule has 0 aliphatic rings. The highest BCUT2D eigenvalue weighted by Gasteiger charge is 2.10. The molecule has 4 rings (SSSR count). The van der Waals surface area contributed by atoms with E-state index in [2.05, 4.69) is 15.3 Å². The summed E-state index contributed by atoms with van der Waals surface area (Å²) in [7, 11) is 0. The largest absolute Gasteiger partial charge is 0.338 e. The second-order valence-corrected chi connectivity index (χ2v) is 7.48. The average Bonchev–Trinajstić information content (AvgIpc) is 3.07. The maximum absolute atomic E-state index is 12.3. The summed E-state index contributed by atoms with van der Waals surface area (Å²) in [5, 5.41) is 4.27. The number of nitrogens with one attached hydrogen (secondary N) is 2. The van der Waals surface area contributed by atoms with Gasteiger partial charge in [0.1, 0.15) is 5.82 Å². The number of amides is 1. The molecule has 1 heterocycles. The van der Waals surface area contributed by atoms with Crippen molar-refractivity contribution in [1.82, 2.24) is 9.97 Å². The number of carbonyl (C=O) groups is 1. The molecule has 0 radical (unpaired) electrons. The molecule has 1 amide bonds. The molecule has 0 bridgehead atoms. The van der Waals surface area contributed by atoms with Crippen molar-refractivity contribution in [3.8, 4) is 11.4 Å². The molecule has 4 aromatic rings. The minimum atomic E-state index is -0.0912. The molecule has 6 heteroatoms. The van der Waals surface area contributed by atoms with Crippen molar-refractivity contribution in [2.24, 2.45) is 0 Å². The number of hydrogen-bond acceptors (Lipinski definition) is 2. The van der Waals surface area contributed by atoms with Gasteiger partial charge in [-0.05, 0) is 54.4 Å². The fraction of sp³-hybridized carbons (Fsp3) is 0.0909. The van der Waals surface area contributed by atoms with Crippen molar-refractivity contribution in [2.45, 2.75) is 13.3 Å². The Bertz CT molecular complexity index is 1130. The molecular weight excluding hydrogens is 393 g/mol. The molecule has 1 aromatic heterocycles. The molecule has 28 heavy (non-hydrogen) atoms. The van der Waals surface area contributed by atoms with Crippen LogP contribution >= 0.6 is 23.2 Å². The number of imidazole rings is 1. The highest BCUT2D eigenvalue weighted by atomic mass is 35.5. The molecular formula is C22H17Cl2N3O. The van der Waals surface area contributed by atoms with Crippen LogP contribution in [0.5, 0.6) is 0 Å². The highest BCUT2D eigenvalue weighted by Crippen LogP contribution is 2.26. The second kappa shape index (κ2) is 7.66. The third-order valence-corrected chi connectivity index (χ3v) is 5.12. The number of aromatic amines is 1. The summed E-state index contributed by atoms with van der Waals surface area (Å²) in [5.74, 6) is 0.636. The molecule has 2 N–H and O–H groups in total. The molecule has 140 valence electrons. The van der Waals surface area contributed by atoms with E-state index < -0.39 is 0 Å². The zero-order valence-electron chi connectivity index (χ0n) is 15.1. The quantitative estimate of drug-likeness (QED) is 0.432. The van der Waals surface area contributed by atoms with Crippen molar-refractivity contribution < 1.29 is 4.79 Å². The molecule has 0 saturated heterocycles. The topological polar surface area (TPSA) is 57.8 Å². The van der Waals surface area contributed by atoms with Gasteiger partial charge in [0.15, 0.2) is 0 Å². The van der Waals surface area contributed by atoms with E-state index in [4.69, 9.17) is 23.2 Å². The van der Waals surface area contributed by atoms with Gasteiger partial charge < -0.3 is 10.3 Å². The van der Waals surface area contributed by atoms with Gasteiger partial charge in [-0.2, -0.15) is 0 Å². The molecule has 4 nitrogen and oxygen atoms in total. The number of aryl methyl sites for hydroxylation is 1. The lowest BCUT2D eigenvalue weighted by Crippen LogP contribution is -2.14. The Morgan fingerprint density at radius 3 is 2.64 bits per heavy atom. The Morgan fingerprint density at radius 1 is 1.07 bits per heavy atom. The van der Waals surface area contributed by atoms with Gasteiger partial charge in [0.25, 0.3) is 0 Å². The zero-order chi connectivity index (χ0) is 19.7. The van der Waals surface area contributed by atoms with Crippen LogP contribution in [0.1, 0.15) is 11.1 Å². The first-order valence-electron chi connectivity index (χ1n) is 8.78. The highest BCUT2D eigenvalue weighted by molar-refractivity contribution is 6.32. The van der Waals surface area contributed by atoms with Gasteiger partial charge in [-0.3, -0.25) is 4.79 Å². The fourth-order valence-corrected chi connectivity index (χ4v) is 3.30. The molecule has 0 saturated carbocycles. The third kappa shape index (κ3) is 4.03. The minimum Gasteiger partial charge on any atom is -0.338 e. The Hall–Kier alpha value is -2.82. The third-order valence-electron chi connectivity index (χ3n) is 4.46. The van der Waals surface area contributed by atoms with Crippen LogP contribution in [-0.2, 0) is 11.2 Å². The van der Waals surface area contributed by atoms with Gasteiger partial charge >= 0.3 is 0 Å². The summed E-state index contributed by atoms with van der Waals surface area (Å²) in [6, 6.07) is 18.7. The Balaban J connectivity index is 1.54. The lowest BCUT2D eigenvalue weighted by atomic mass is 10.1. The Labute approximate surface area is 172 Å². The van der Waals surface area contributed by atoms with E-state index in [1.54, 1.807) is 12.1 Å². The van der Waals surface area contributed by atoms with E-state index in [1.807, 2.05) is 55.5 Å². The summed E-state index contributed by atoms with van der Waals surface area (Å²) >= 11 is 12.1. The number of benzene rings is 3. The van der Waals surface area contributed by atoms with Crippen LogP contribution in [0.3, 0.4) is 0 Å². The van der Waals surface area contributed by atoms with E-state index in [0.29, 0.717) is 15.7 Å². The summed E-state index contributed by atoms with van der Waals surface area (Å²) in [4.78, 5) is 20.3. The molecule has 0 atom stereocenters. The lowest BCUT2D eigenvalue weighted by Gasteiger charge is -2.07. The molecule has 0 aliphatic carbocycles. The second-order valence-electron chi connectivity index (χ2n) is 6.64. The summed E-state index contributed by atoms with van der Waals surface area (Å²) < 4.78 is 0. The van der Waals surface area contributed by atoms with E-state index in [1.165, 1.54) is 0 Å². The smallest absolute Gasteiger partial charge is 0.228 e. The molecule has 0 spiro atoms. The van der Waals surface area contributed by atoms with Gasteiger partial charge in [0.05, 0.1) is 17.5 Å². The van der Waals surface area contributed by atoms with Crippen LogP contribution in [0.2, 0.25) is 10.0 Å². The van der Waals surface area contributed by atoms with E-state index in [-0.39, 0.29) is 12.3 Å². The number of hydrogen-bond donors (Lipinski definition) is 2. The molecule has 0 fully saturated rings. The van der Waals surface area contributed by atoms with Crippen molar-refractivity contribution in [2.75, 3.05) is 5.32 Å². The van der Waals surface area contributed by atoms with Crippen molar-refractivity contribution >= 4 is 45.8 Å². The van der Waals surface area contributed by atoms with Gasteiger partial charge in [-0.1, -0.05) is 47.5 Å². The predicted octanol–water partition coefficient (Wildman–Crippen LogP) is 6.03. The summed E-state index contributed by atoms with van der Waals surface area (Å²) in [5.41, 5.74) is 5.23. The number of anilines is 1. The van der Waals surface area contributed by atoms with Gasteiger partial charge in [-0.25, -0.2) is 4.98 Å². The number of nitrogens with zero attached hydrogens (tertiary/aromatic N) is 1. The number of fused-ring (bicyclic) bond motifs is 1. The Kier molecular flexibility index (Phi) is 5.07. The molecule has 0 unspecified atom stereocenters. The van der Waals surface area contributed by atoms with Crippen LogP contribution < -0.4 is 5.32 Å². The number of halogens is 2. The van der Waals surface area contributed by atoms with Crippen molar-refractivity contribution in [3.05, 3.63) is 81.8 Å². The van der Waals surface area contributed by atoms with E-state index >= 15 is 0 Å². The Morgan fingerprint density at radius 2 is 1.86 bits per heavy atom. The average molecular weight is 410 g/mol. The van der Waals surface area contributed by atoms with Crippen molar-refractivity contribution in [3.63, 3.8) is 0 Å². The standard InChI is InChI=1S/C22H17Cl2N3O/c1-13-9-19-20(12-18(13)24)27-22(26-19)15-3-2-4-17(11-15)25-21(28)10-14-5-7-16(23)8-6-14/h2-9,11-12H,10H2,1H3,(H,25,28)(H,26,27). The first-order chi connectivity index (χ1) is 13.5. The van der Waals surface area contributed by atoms with E-state index in [0.717, 1.165) is 33.5 Å². The summed E-state index contributed by atoms with van der Waals surface area (Å²) in [6.45, 7) is 1.96. The molecule has 3 aromatic carbocycles. The van der Waals surface area contributed by atoms with Crippen LogP contribution in [0.4, 0.5) is 5.69 Å². The molecule has 0 aliphatic heterocycles. The van der Waals surface area contributed by atoms with Gasteiger partial charge in [0, 0.05) is 21.3 Å². The van der Waals surface area contributed by atoms with Crippen molar-refractivity contribution in [1.29, 1.82) is 0 Å². The lowest BCUT2D eigenvalue weighted by molar-refractivity contribution is -0.115. The normalized spacial score (nSPS) is 11.0. The zero-order valence-corrected chi connectivity index (χ0v) is 16.6. The SMILES string of the molecule is Cc1cc2[nH]c(-c3cccc(NC(=O)Cc4ccc(Cl)cc4)c3)nc2cc1Cl. The number of aromatic nitrogens is 2. The van der Waals surface area contributed by atoms with Crippen LogP contribution in [0.25, 0.3) is 22.4 Å². The first kappa shape index (κ1) is 18.5. The first-order valence-corrected chi connectivity index (χ1v) is 9.54. The van der Waals surface area contributed by atoms with Crippen LogP contribution in [0.15, 0.2) is 60.7 Å². The van der Waals surface area contributed by atoms with E-state index in [9.17, 15) is 4.79 Å². The summed E-state index contributed by atoms with van der Waals surface area (Å²) in [6.07, 6.45) is 0.282. The minimum absolute atomic E-state index is 0.0912. The monoisotopic (exact) mass is 409 g/mol. The van der Waals surface area contributed by atoms with Gasteiger partial charge in [0.2, 0.25) is 5.91 Å². The predicted molar refractivity (Wildman–Crippen MR) is 115 cm³/mol. The maximum atomic E-state index is 12.3. The van der Waals surface area contributed by atoms with Crippen LogP contribution in [0, 0.1) is 6.92 Å². The van der Waals surface area contributed by atoms with Gasteiger partial charge in [-0.15, -0.1) is 0 Å².